The minimum atomic E-state index is -0.655. The number of hydrogen-bond acceptors (Lipinski definition) is 6. The highest BCUT2D eigenvalue weighted by atomic mass is 32.2. The Hall–Kier alpha value is -2.73. The molecule has 6 heteroatoms. The maximum Gasteiger partial charge on any atom is 0.354 e. The van der Waals surface area contributed by atoms with E-state index in [2.05, 4.69) is 10.1 Å². The van der Waals surface area contributed by atoms with Crippen molar-refractivity contribution < 1.29 is 19.1 Å². The smallest absolute Gasteiger partial charge is 0.354 e. The van der Waals surface area contributed by atoms with Crippen LogP contribution in [0, 0.1) is 0 Å². The van der Waals surface area contributed by atoms with E-state index in [1.54, 1.807) is 11.8 Å². The van der Waals surface area contributed by atoms with Crippen LogP contribution >= 0.6 is 11.8 Å². The molecule has 2 aromatic carbocycles. The summed E-state index contributed by atoms with van der Waals surface area (Å²) in [5, 5.41) is 2.97. The summed E-state index contributed by atoms with van der Waals surface area (Å²) in [4.78, 5) is 24.6. The molecule has 0 atom stereocenters. The molecule has 130 valence electrons. The Labute approximate surface area is 151 Å². The zero-order chi connectivity index (χ0) is 18.2. The van der Waals surface area contributed by atoms with E-state index in [1.165, 1.54) is 14.2 Å². The molecule has 0 bridgehead atoms. The zero-order valence-electron chi connectivity index (χ0n) is 14.2. The van der Waals surface area contributed by atoms with Crippen molar-refractivity contribution >= 4 is 29.4 Å². The van der Waals surface area contributed by atoms with Crippen molar-refractivity contribution in [1.29, 1.82) is 0 Å². The van der Waals surface area contributed by atoms with Crippen molar-refractivity contribution in [3.05, 3.63) is 60.3 Å². The van der Waals surface area contributed by atoms with Crippen molar-refractivity contribution in [3.8, 4) is 11.1 Å². The summed E-state index contributed by atoms with van der Waals surface area (Å²) in [6.45, 7) is 0. The predicted molar refractivity (Wildman–Crippen MR) is 99.4 cm³/mol. The Morgan fingerprint density at radius 2 is 1.68 bits per heavy atom. The van der Waals surface area contributed by atoms with Crippen LogP contribution in [0.25, 0.3) is 11.1 Å². The van der Waals surface area contributed by atoms with Gasteiger partial charge >= 0.3 is 11.9 Å². The van der Waals surface area contributed by atoms with Crippen molar-refractivity contribution in [2.75, 3.05) is 25.8 Å². The number of thioether (sulfide) groups is 1. The summed E-state index contributed by atoms with van der Waals surface area (Å²) < 4.78 is 9.31. The van der Waals surface area contributed by atoms with Crippen LogP contribution in [0.4, 0.5) is 5.69 Å². The Balaban J connectivity index is 2.39. The van der Waals surface area contributed by atoms with E-state index in [-0.39, 0.29) is 5.70 Å². The largest absolute Gasteiger partial charge is 0.466 e. The number of hydrogen-bond donors (Lipinski definition) is 1. The molecule has 0 heterocycles. The molecule has 0 saturated carbocycles. The Morgan fingerprint density at radius 1 is 1.00 bits per heavy atom. The normalized spacial score (nSPS) is 10.9. The molecule has 0 aliphatic rings. The second-order valence-corrected chi connectivity index (χ2v) is 5.85. The highest BCUT2D eigenvalue weighted by molar-refractivity contribution is 7.98. The average Bonchev–Trinajstić information content (AvgIpc) is 2.67. The maximum atomic E-state index is 11.9. The lowest BCUT2D eigenvalue weighted by Gasteiger charge is -2.14. The van der Waals surface area contributed by atoms with E-state index < -0.39 is 11.9 Å². The second kappa shape index (κ2) is 8.94. The van der Waals surface area contributed by atoms with E-state index >= 15 is 0 Å². The molecule has 1 N–H and O–H groups in total. The van der Waals surface area contributed by atoms with Crippen LogP contribution in [-0.4, -0.2) is 32.4 Å². The van der Waals surface area contributed by atoms with E-state index in [0.717, 1.165) is 22.1 Å². The van der Waals surface area contributed by atoms with Gasteiger partial charge in [-0.3, -0.25) is 0 Å². The van der Waals surface area contributed by atoms with Gasteiger partial charge in [0.25, 0.3) is 0 Å². The minimum Gasteiger partial charge on any atom is -0.466 e. The summed E-state index contributed by atoms with van der Waals surface area (Å²) in [6.07, 6.45) is 3.09. The lowest BCUT2D eigenvalue weighted by atomic mass is 10.0. The van der Waals surface area contributed by atoms with Gasteiger partial charge in [-0.25, -0.2) is 9.59 Å². The van der Waals surface area contributed by atoms with Gasteiger partial charge in [-0.15, -0.1) is 11.8 Å². The van der Waals surface area contributed by atoms with Crippen LogP contribution in [0.15, 0.2) is 65.2 Å². The van der Waals surface area contributed by atoms with Crippen molar-refractivity contribution in [1.82, 2.24) is 0 Å². The Morgan fingerprint density at radius 3 is 2.28 bits per heavy atom. The molecule has 0 aliphatic carbocycles. The fourth-order valence-electron chi connectivity index (χ4n) is 2.19. The van der Waals surface area contributed by atoms with E-state index in [4.69, 9.17) is 4.74 Å². The lowest BCUT2D eigenvalue weighted by Crippen LogP contribution is -2.15. The van der Waals surface area contributed by atoms with Gasteiger partial charge in [0.05, 0.1) is 20.3 Å². The molecule has 0 amide bonds. The number of ether oxygens (including phenoxy) is 2. The standard InChI is InChI=1S/C19H19NO4S/c1-23-18(21)12-17(19(22)24-2)20-16-7-5-4-6-15(16)13-8-10-14(25-3)11-9-13/h4-12,20H,1-3H3/b17-12+. The van der Waals surface area contributed by atoms with Crippen LogP contribution in [0.3, 0.4) is 0 Å². The second-order valence-electron chi connectivity index (χ2n) is 4.97. The fraction of sp³-hybridized carbons (Fsp3) is 0.158. The van der Waals surface area contributed by atoms with Gasteiger partial charge in [0.1, 0.15) is 5.70 Å². The summed E-state index contributed by atoms with van der Waals surface area (Å²) in [5.41, 5.74) is 2.57. The molecule has 0 fully saturated rings. The molecular weight excluding hydrogens is 338 g/mol. The van der Waals surface area contributed by atoms with Crippen LogP contribution in [-0.2, 0) is 19.1 Å². The number of carbonyl (C=O) groups excluding carboxylic acids is 2. The van der Waals surface area contributed by atoms with Gasteiger partial charge in [0.2, 0.25) is 0 Å². The maximum absolute atomic E-state index is 11.9. The molecule has 0 radical (unpaired) electrons. The molecule has 0 saturated heterocycles. The van der Waals surface area contributed by atoms with E-state index in [0.29, 0.717) is 5.69 Å². The van der Waals surface area contributed by atoms with Crippen molar-refractivity contribution in [2.45, 2.75) is 4.90 Å². The quantitative estimate of drug-likeness (QED) is 0.483. The molecule has 0 aromatic heterocycles. The number of anilines is 1. The first-order chi connectivity index (χ1) is 12.1. The van der Waals surface area contributed by atoms with Gasteiger partial charge < -0.3 is 14.8 Å². The third-order valence-electron chi connectivity index (χ3n) is 3.47. The number of nitrogens with one attached hydrogen (secondary N) is 1. The highest BCUT2D eigenvalue weighted by Gasteiger charge is 2.15. The molecule has 2 rings (SSSR count). The van der Waals surface area contributed by atoms with Gasteiger partial charge in [0.15, 0.2) is 0 Å². The molecule has 5 nitrogen and oxygen atoms in total. The van der Waals surface area contributed by atoms with Gasteiger partial charge in [-0.05, 0) is 30.0 Å². The third kappa shape index (κ3) is 4.87. The number of carbonyl (C=O) groups is 2. The summed E-state index contributed by atoms with van der Waals surface area (Å²) >= 11 is 1.67. The predicted octanol–water partition coefficient (Wildman–Crippen LogP) is 3.72. The van der Waals surface area contributed by atoms with Crippen LogP contribution in [0.2, 0.25) is 0 Å². The molecule has 25 heavy (non-hydrogen) atoms. The minimum absolute atomic E-state index is 0.00235. The van der Waals surface area contributed by atoms with Gasteiger partial charge in [-0.1, -0.05) is 30.3 Å². The SMILES string of the molecule is COC(=O)/C=C(/Nc1ccccc1-c1ccc(SC)cc1)C(=O)OC. The number of rotatable bonds is 6. The van der Waals surface area contributed by atoms with Gasteiger partial charge in [0, 0.05) is 16.1 Å². The third-order valence-corrected chi connectivity index (χ3v) is 4.21. The van der Waals surface area contributed by atoms with E-state index in [1.807, 2.05) is 54.8 Å². The Kier molecular flexibility index (Phi) is 6.65. The number of benzene rings is 2. The van der Waals surface area contributed by atoms with Crippen LogP contribution < -0.4 is 5.32 Å². The summed E-state index contributed by atoms with van der Waals surface area (Å²) in [5.74, 6) is -1.30. The highest BCUT2D eigenvalue weighted by Crippen LogP contribution is 2.30. The lowest BCUT2D eigenvalue weighted by molar-refractivity contribution is -0.138. The molecular formula is C19H19NO4S. The summed E-state index contributed by atoms with van der Waals surface area (Å²) in [7, 11) is 2.50. The van der Waals surface area contributed by atoms with Crippen molar-refractivity contribution in [3.63, 3.8) is 0 Å². The number of esters is 2. The van der Waals surface area contributed by atoms with Gasteiger partial charge in [-0.2, -0.15) is 0 Å². The zero-order valence-corrected chi connectivity index (χ0v) is 15.1. The molecule has 2 aromatic rings. The van der Waals surface area contributed by atoms with Crippen LogP contribution in [0.1, 0.15) is 0 Å². The topological polar surface area (TPSA) is 64.6 Å². The first kappa shape index (κ1) is 18.6. The van der Waals surface area contributed by atoms with E-state index in [9.17, 15) is 9.59 Å². The number of para-hydroxylation sites is 1. The molecule has 0 aliphatic heterocycles. The first-order valence-electron chi connectivity index (χ1n) is 7.47. The Bertz CT molecular complexity index is 784. The van der Waals surface area contributed by atoms with Crippen molar-refractivity contribution in [2.24, 2.45) is 0 Å². The number of methoxy groups -OCH3 is 2. The monoisotopic (exact) mass is 357 g/mol. The molecule has 0 spiro atoms. The average molecular weight is 357 g/mol. The first-order valence-corrected chi connectivity index (χ1v) is 8.70. The molecule has 0 unspecified atom stereocenters. The fourth-order valence-corrected chi connectivity index (χ4v) is 2.60. The van der Waals surface area contributed by atoms with Crippen LogP contribution in [0.5, 0.6) is 0 Å². The summed E-state index contributed by atoms with van der Waals surface area (Å²) in [6, 6.07) is 15.6.